The summed E-state index contributed by atoms with van der Waals surface area (Å²) in [5.74, 6) is -0.0849. The minimum Gasteiger partial charge on any atom is -0.356 e. The Bertz CT molecular complexity index is 726. The fourth-order valence-electron chi connectivity index (χ4n) is 2.77. The van der Waals surface area contributed by atoms with Gasteiger partial charge in [-0.15, -0.1) is 0 Å². The molecule has 0 saturated heterocycles. The van der Waals surface area contributed by atoms with Crippen LogP contribution in [0.4, 0.5) is 5.69 Å². The van der Waals surface area contributed by atoms with Gasteiger partial charge in [-0.1, -0.05) is 42.5 Å². The Morgan fingerprint density at radius 3 is 2.40 bits per heavy atom. The van der Waals surface area contributed by atoms with Crippen LogP contribution in [-0.4, -0.2) is 24.9 Å². The largest absolute Gasteiger partial charge is 0.356 e. The Morgan fingerprint density at radius 2 is 1.72 bits per heavy atom. The zero-order valence-corrected chi connectivity index (χ0v) is 15.2. The maximum Gasteiger partial charge on any atom is 0.223 e. The van der Waals surface area contributed by atoms with Gasteiger partial charge in [-0.25, -0.2) is 0 Å². The number of nitrogens with one attached hydrogen (secondary N) is 1. The number of nitrogens with zero attached hydrogens (tertiary/aromatic N) is 1. The highest BCUT2D eigenvalue weighted by molar-refractivity contribution is 5.93. The van der Waals surface area contributed by atoms with Crippen LogP contribution in [0.3, 0.4) is 0 Å². The molecule has 4 nitrogen and oxygen atoms in total. The molecule has 0 heterocycles. The predicted molar refractivity (Wildman–Crippen MR) is 102 cm³/mol. The molecule has 0 aliphatic carbocycles. The second kappa shape index (κ2) is 9.02. The topological polar surface area (TPSA) is 49.4 Å². The van der Waals surface area contributed by atoms with Gasteiger partial charge in [-0.05, 0) is 43.0 Å². The smallest absolute Gasteiger partial charge is 0.223 e. The highest BCUT2D eigenvalue weighted by Crippen LogP contribution is 2.23. The number of carbonyl (C=O) groups excluding carboxylic acids is 2. The first-order valence-corrected chi connectivity index (χ1v) is 8.64. The van der Waals surface area contributed by atoms with Crippen LogP contribution in [0.1, 0.15) is 30.0 Å². The molecule has 132 valence electrons. The molecule has 0 bridgehead atoms. The number of hydrogen-bond acceptors (Lipinski definition) is 2. The van der Waals surface area contributed by atoms with E-state index in [0.29, 0.717) is 19.5 Å². The molecule has 2 amide bonds. The third-order valence-electron chi connectivity index (χ3n) is 4.39. The summed E-state index contributed by atoms with van der Waals surface area (Å²) in [6, 6.07) is 15.9. The van der Waals surface area contributed by atoms with Crippen LogP contribution in [0.5, 0.6) is 0 Å². The minimum absolute atomic E-state index is 0.0347. The van der Waals surface area contributed by atoms with E-state index in [1.807, 2.05) is 62.4 Å². The molecule has 2 rings (SSSR count). The Balaban J connectivity index is 1.87. The van der Waals surface area contributed by atoms with E-state index in [1.165, 1.54) is 12.5 Å². The van der Waals surface area contributed by atoms with Crippen molar-refractivity contribution in [2.75, 3.05) is 18.0 Å². The number of amides is 2. The van der Waals surface area contributed by atoms with Crippen molar-refractivity contribution >= 4 is 17.5 Å². The lowest BCUT2D eigenvalue weighted by molar-refractivity contribution is -0.121. The molecule has 0 radical (unpaired) electrons. The van der Waals surface area contributed by atoms with Crippen LogP contribution in [0.15, 0.2) is 48.5 Å². The molecule has 2 aromatic rings. The van der Waals surface area contributed by atoms with E-state index < -0.39 is 0 Å². The van der Waals surface area contributed by atoms with Crippen molar-refractivity contribution in [3.05, 3.63) is 65.2 Å². The molecular formula is C21H26N2O2. The third kappa shape index (κ3) is 5.45. The van der Waals surface area contributed by atoms with E-state index in [0.717, 1.165) is 23.2 Å². The molecule has 0 spiro atoms. The molecule has 2 aromatic carbocycles. The number of benzene rings is 2. The van der Waals surface area contributed by atoms with E-state index in [-0.39, 0.29) is 11.8 Å². The number of carbonyl (C=O) groups is 2. The number of anilines is 1. The van der Waals surface area contributed by atoms with Gasteiger partial charge in [0, 0.05) is 32.1 Å². The highest BCUT2D eigenvalue weighted by atomic mass is 16.2. The number of hydrogen-bond donors (Lipinski definition) is 1. The molecular weight excluding hydrogens is 312 g/mol. The molecule has 0 aromatic heterocycles. The maximum absolute atomic E-state index is 12.1. The Hall–Kier alpha value is -2.62. The van der Waals surface area contributed by atoms with Gasteiger partial charge in [0.1, 0.15) is 0 Å². The lowest BCUT2D eigenvalue weighted by Gasteiger charge is -2.23. The van der Waals surface area contributed by atoms with Crippen LogP contribution in [0, 0.1) is 13.8 Å². The number of aryl methyl sites for hydroxylation is 1. The Labute approximate surface area is 149 Å². The summed E-state index contributed by atoms with van der Waals surface area (Å²) in [6.07, 6.45) is 1.10. The van der Waals surface area contributed by atoms with Crippen molar-refractivity contribution in [3.63, 3.8) is 0 Å². The monoisotopic (exact) mass is 338 g/mol. The van der Waals surface area contributed by atoms with Gasteiger partial charge in [-0.2, -0.15) is 0 Å². The Kier molecular flexibility index (Phi) is 6.75. The van der Waals surface area contributed by atoms with Crippen molar-refractivity contribution in [1.82, 2.24) is 5.32 Å². The van der Waals surface area contributed by atoms with Crippen LogP contribution >= 0.6 is 0 Å². The highest BCUT2D eigenvalue weighted by Gasteiger charge is 2.15. The van der Waals surface area contributed by atoms with Gasteiger partial charge >= 0.3 is 0 Å². The molecule has 25 heavy (non-hydrogen) atoms. The van der Waals surface area contributed by atoms with E-state index in [9.17, 15) is 9.59 Å². The third-order valence-corrected chi connectivity index (χ3v) is 4.39. The van der Waals surface area contributed by atoms with Gasteiger partial charge < -0.3 is 10.2 Å². The summed E-state index contributed by atoms with van der Waals surface area (Å²) >= 11 is 0. The first-order chi connectivity index (χ1) is 12.0. The maximum atomic E-state index is 12.1. The standard InChI is InChI=1S/C21H26N2O2/c1-16-8-7-11-20(17(16)2)23(18(3)24)15-13-21(25)22-14-12-19-9-5-4-6-10-19/h4-11H,12-15H2,1-3H3,(H,22,25). The summed E-state index contributed by atoms with van der Waals surface area (Å²) in [5.41, 5.74) is 4.28. The zero-order chi connectivity index (χ0) is 18.2. The molecule has 0 fully saturated rings. The Morgan fingerprint density at radius 1 is 1.00 bits per heavy atom. The normalized spacial score (nSPS) is 10.4. The zero-order valence-electron chi connectivity index (χ0n) is 15.2. The minimum atomic E-state index is -0.0502. The summed E-state index contributed by atoms with van der Waals surface area (Å²) in [4.78, 5) is 25.8. The van der Waals surface area contributed by atoms with Crippen molar-refractivity contribution in [1.29, 1.82) is 0 Å². The van der Waals surface area contributed by atoms with Crippen LogP contribution < -0.4 is 10.2 Å². The van der Waals surface area contributed by atoms with Crippen molar-refractivity contribution in [3.8, 4) is 0 Å². The van der Waals surface area contributed by atoms with Gasteiger partial charge in [0.15, 0.2) is 0 Å². The van der Waals surface area contributed by atoms with Gasteiger partial charge in [0.25, 0.3) is 0 Å². The van der Waals surface area contributed by atoms with Gasteiger partial charge in [0.2, 0.25) is 11.8 Å². The average molecular weight is 338 g/mol. The molecule has 0 atom stereocenters. The molecule has 0 saturated carbocycles. The lowest BCUT2D eigenvalue weighted by atomic mass is 10.1. The van der Waals surface area contributed by atoms with E-state index in [2.05, 4.69) is 5.32 Å². The fourth-order valence-corrected chi connectivity index (χ4v) is 2.77. The lowest BCUT2D eigenvalue weighted by Crippen LogP contribution is -2.34. The second-order valence-electron chi connectivity index (χ2n) is 6.23. The van der Waals surface area contributed by atoms with Crippen LogP contribution in [0.2, 0.25) is 0 Å². The molecule has 1 N–H and O–H groups in total. The molecule has 4 heteroatoms. The summed E-state index contributed by atoms with van der Waals surface area (Å²) in [5, 5.41) is 2.93. The van der Waals surface area contributed by atoms with Crippen molar-refractivity contribution in [2.24, 2.45) is 0 Å². The van der Waals surface area contributed by atoms with Gasteiger partial charge in [0.05, 0.1) is 0 Å². The van der Waals surface area contributed by atoms with Crippen molar-refractivity contribution in [2.45, 2.75) is 33.6 Å². The van der Waals surface area contributed by atoms with Crippen LogP contribution in [0.25, 0.3) is 0 Å². The van der Waals surface area contributed by atoms with E-state index >= 15 is 0 Å². The van der Waals surface area contributed by atoms with Crippen LogP contribution in [-0.2, 0) is 16.0 Å². The average Bonchev–Trinajstić information content (AvgIpc) is 2.59. The quantitative estimate of drug-likeness (QED) is 0.841. The summed E-state index contributed by atoms with van der Waals surface area (Å²) in [6.45, 7) is 6.55. The van der Waals surface area contributed by atoms with E-state index in [1.54, 1.807) is 4.90 Å². The predicted octanol–water partition coefficient (Wildman–Crippen LogP) is 3.41. The van der Waals surface area contributed by atoms with Crippen molar-refractivity contribution < 1.29 is 9.59 Å². The van der Waals surface area contributed by atoms with Gasteiger partial charge in [-0.3, -0.25) is 9.59 Å². The summed E-state index contributed by atoms with van der Waals surface area (Å²) in [7, 11) is 0. The molecule has 0 aliphatic rings. The first kappa shape index (κ1) is 18.7. The first-order valence-electron chi connectivity index (χ1n) is 8.64. The fraction of sp³-hybridized carbons (Fsp3) is 0.333. The van der Waals surface area contributed by atoms with E-state index in [4.69, 9.17) is 0 Å². The second-order valence-corrected chi connectivity index (χ2v) is 6.23. The summed E-state index contributed by atoms with van der Waals surface area (Å²) < 4.78 is 0. The molecule has 0 aliphatic heterocycles. The SMILES string of the molecule is CC(=O)N(CCC(=O)NCCc1ccccc1)c1cccc(C)c1C. The number of rotatable bonds is 7. The molecule has 0 unspecified atom stereocenters.